The Balaban J connectivity index is 0.00000192. The van der Waals surface area contributed by atoms with Crippen molar-refractivity contribution in [2.45, 2.75) is 4.90 Å². The number of aromatic nitrogens is 3. The maximum atomic E-state index is 11.4. The van der Waals surface area contributed by atoms with Crippen LogP contribution >= 0.6 is 0 Å². The van der Waals surface area contributed by atoms with Gasteiger partial charge in [-0.25, -0.2) is 0 Å². The summed E-state index contributed by atoms with van der Waals surface area (Å²) in [4.78, 5) is 0.609. The molecule has 0 saturated heterocycles. The molecule has 23 heavy (non-hydrogen) atoms. The molecule has 1 aromatic heterocycles. The van der Waals surface area contributed by atoms with Crippen LogP contribution in [0.15, 0.2) is 41.3 Å². The predicted molar refractivity (Wildman–Crippen MR) is 84.0 cm³/mol. The molecule has 10 heteroatoms. The Bertz CT molecular complexity index is 938. The van der Waals surface area contributed by atoms with Crippen molar-refractivity contribution in [1.82, 2.24) is 15.0 Å². The van der Waals surface area contributed by atoms with Crippen LogP contribution in [0.1, 0.15) is 0 Å². The van der Waals surface area contributed by atoms with Gasteiger partial charge >= 0.3 is 29.6 Å². The molecule has 0 amide bonds. The SMILES string of the molecule is COc1cc(O)c(-n2nc3ccccc3n2)cc1S(=O)(=O)O.[NaH]. The molecule has 0 fully saturated rings. The van der Waals surface area contributed by atoms with Gasteiger partial charge in [-0.3, -0.25) is 4.55 Å². The van der Waals surface area contributed by atoms with Crippen molar-refractivity contribution in [3.63, 3.8) is 0 Å². The van der Waals surface area contributed by atoms with E-state index in [1.54, 1.807) is 24.3 Å². The van der Waals surface area contributed by atoms with Crippen LogP contribution in [-0.4, -0.2) is 69.7 Å². The van der Waals surface area contributed by atoms with Crippen LogP contribution in [0.4, 0.5) is 0 Å². The van der Waals surface area contributed by atoms with Gasteiger partial charge in [0.05, 0.1) is 7.11 Å². The number of ether oxygens (including phenoxy) is 1. The number of benzene rings is 2. The normalized spacial score (nSPS) is 11.2. The average molecular weight is 345 g/mol. The number of hydrogen-bond acceptors (Lipinski definition) is 6. The van der Waals surface area contributed by atoms with Gasteiger partial charge in [-0.15, -0.1) is 15.0 Å². The molecule has 0 aliphatic carbocycles. The van der Waals surface area contributed by atoms with E-state index in [9.17, 15) is 18.1 Å². The molecule has 0 bridgehead atoms. The Morgan fingerprint density at radius 3 is 2.17 bits per heavy atom. The third kappa shape index (κ3) is 3.33. The van der Waals surface area contributed by atoms with Gasteiger partial charge in [0, 0.05) is 6.07 Å². The number of nitrogens with zero attached hydrogens (tertiary/aromatic N) is 3. The minimum atomic E-state index is -4.53. The molecule has 1 heterocycles. The molecular weight excluding hydrogens is 333 g/mol. The fourth-order valence-corrected chi connectivity index (χ4v) is 2.68. The second-order valence-electron chi connectivity index (χ2n) is 4.45. The van der Waals surface area contributed by atoms with E-state index in [1.807, 2.05) is 0 Å². The van der Waals surface area contributed by atoms with E-state index < -0.39 is 15.0 Å². The predicted octanol–water partition coefficient (Wildman–Crippen LogP) is 0.733. The quantitative estimate of drug-likeness (QED) is 0.531. The fraction of sp³-hybridized carbons (Fsp3) is 0.0769. The Morgan fingerprint density at radius 1 is 1.13 bits per heavy atom. The van der Waals surface area contributed by atoms with Crippen LogP contribution < -0.4 is 4.74 Å². The van der Waals surface area contributed by atoms with Crippen LogP contribution in [0.5, 0.6) is 11.5 Å². The van der Waals surface area contributed by atoms with Crippen LogP contribution in [-0.2, 0) is 10.1 Å². The number of methoxy groups -OCH3 is 1. The Labute approximate surface area is 153 Å². The van der Waals surface area contributed by atoms with Crippen molar-refractivity contribution in [2.75, 3.05) is 7.11 Å². The molecule has 0 unspecified atom stereocenters. The molecular formula is C13H12N3NaO5S. The number of rotatable bonds is 3. The summed E-state index contributed by atoms with van der Waals surface area (Å²) in [6.45, 7) is 0. The van der Waals surface area contributed by atoms with Crippen LogP contribution in [0.3, 0.4) is 0 Å². The van der Waals surface area contributed by atoms with Gasteiger partial charge in [-0.1, -0.05) is 12.1 Å². The monoisotopic (exact) mass is 345 g/mol. The Morgan fingerprint density at radius 2 is 1.70 bits per heavy atom. The van der Waals surface area contributed by atoms with Crippen molar-refractivity contribution in [2.24, 2.45) is 0 Å². The molecule has 0 radical (unpaired) electrons. The van der Waals surface area contributed by atoms with E-state index in [-0.39, 0.29) is 46.7 Å². The second-order valence-corrected chi connectivity index (χ2v) is 5.83. The summed E-state index contributed by atoms with van der Waals surface area (Å²) in [5, 5.41) is 18.3. The van der Waals surface area contributed by atoms with Crippen molar-refractivity contribution in [3.05, 3.63) is 36.4 Å². The third-order valence-corrected chi connectivity index (χ3v) is 3.92. The maximum absolute atomic E-state index is 11.4. The first-order valence-corrected chi connectivity index (χ1v) is 7.55. The first kappa shape index (κ1) is 17.7. The zero-order chi connectivity index (χ0) is 15.9. The van der Waals surface area contributed by atoms with Crippen molar-refractivity contribution >= 4 is 50.7 Å². The topological polar surface area (TPSA) is 115 Å². The van der Waals surface area contributed by atoms with Crippen LogP contribution in [0.2, 0.25) is 0 Å². The van der Waals surface area contributed by atoms with E-state index in [1.165, 1.54) is 7.11 Å². The Kier molecular flexibility index (Phi) is 4.97. The van der Waals surface area contributed by atoms with Crippen molar-refractivity contribution in [1.29, 1.82) is 0 Å². The molecule has 3 aromatic rings. The summed E-state index contributed by atoms with van der Waals surface area (Å²) in [5.41, 5.74) is 1.15. The molecule has 8 nitrogen and oxygen atoms in total. The van der Waals surface area contributed by atoms with Gasteiger partial charge < -0.3 is 9.84 Å². The average Bonchev–Trinajstić information content (AvgIpc) is 2.89. The van der Waals surface area contributed by atoms with E-state index in [0.717, 1.165) is 16.9 Å². The molecule has 0 saturated carbocycles. The summed E-state index contributed by atoms with van der Waals surface area (Å²) in [7, 11) is -3.30. The van der Waals surface area contributed by atoms with Crippen LogP contribution in [0, 0.1) is 0 Å². The minimum absolute atomic E-state index is 0. The molecule has 3 rings (SSSR count). The first-order chi connectivity index (χ1) is 10.4. The number of aromatic hydroxyl groups is 1. The zero-order valence-corrected chi connectivity index (χ0v) is 12.1. The third-order valence-electron chi connectivity index (χ3n) is 3.04. The van der Waals surface area contributed by atoms with Gasteiger partial charge in [0.25, 0.3) is 10.1 Å². The Hall–Kier alpha value is -1.65. The standard InChI is InChI=1S/C13H11N3O5S.Na.H/c1-21-12-7-11(17)10(6-13(12)22(18,19)20)16-14-8-4-2-3-5-9(8)15-16;;/h2-7,17H,1H3,(H,18,19,20);;. The van der Waals surface area contributed by atoms with E-state index in [4.69, 9.17) is 4.74 Å². The first-order valence-electron chi connectivity index (χ1n) is 6.11. The van der Waals surface area contributed by atoms with E-state index in [2.05, 4.69) is 10.2 Å². The van der Waals surface area contributed by atoms with Gasteiger partial charge in [0.2, 0.25) is 0 Å². The molecule has 0 aliphatic heterocycles. The second kappa shape index (κ2) is 6.46. The fourth-order valence-electron chi connectivity index (χ4n) is 2.03. The molecule has 2 aromatic carbocycles. The van der Waals surface area contributed by atoms with Gasteiger partial charge in [0.15, 0.2) is 0 Å². The summed E-state index contributed by atoms with van der Waals surface area (Å²) < 4.78 is 37.0. The van der Waals surface area contributed by atoms with Gasteiger partial charge in [0.1, 0.15) is 33.1 Å². The van der Waals surface area contributed by atoms with Crippen molar-refractivity contribution in [3.8, 4) is 17.2 Å². The summed E-state index contributed by atoms with van der Waals surface area (Å²) in [6.07, 6.45) is 0. The summed E-state index contributed by atoms with van der Waals surface area (Å²) in [5.74, 6) is -0.468. The van der Waals surface area contributed by atoms with E-state index in [0.29, 0.717) is 11.0 Å². The number of phenolic OH excluding ortho intramolecular Hbond substituents is 1. The molecule has 0 spiro atoms. The van der Waals surface area contributed by atoms with Crippen LogP contribution in [0.25, 0.3) is 16.7 Å². The number of fused-ring (bicyclic) bond motifs is 1. The van der Waals surface area contributed by atoms with Gasteiger partial charge in [-0.05, 0) is 18.2 Å². The summed E-state index contributed by atoms with van der Waals surface area (Å²) in [6, 6.07) is 9.12. The number of phenols is 1. The van der Waals surface area contributed by atoms with Crippen molar-refractivity contribution < 1.29 is 22.8 Å². The molecule has 0 atom stereocenters. The van der Waals surface area contributed by atoms with Gasteiger partial charge in [-0.2, -0.15) is 8.42 Å². The zero-order valence-electron chi connectivity index (χ0n) is 11.3. The number of hydrogen-bond donors (Lipinski definition) is 2. The molecule has 0 aliphatic rings. The molecule has 116 valence electrons. The summed E-state index contributed by atoms with van der Waals surface area (Å²) >= 11 is 0. The van der Waals surface area contributed by atoms with E-state index >= 15 is 0 Å². The molecule has 2 N–H and O–H groups in total.